The van der Waals surface area contributed by atoms with Crippen LogP contribution in [0.3, 0.4) is 0 Å². The van der Waals surface area contributed by atoms with E-state index in [9.17, 15) is 4.79 Å². The molecule has 1 rings (SSSR count). The Hall–Kier alpha value is -0.180. The highest BCUT2D eigenvalue weighted by Gasteiger charge is 2.30. The Balaban J connectivity index is 2.49. The molecule has 0 aromatic carbocycles. The zero-order chi connectivity index (χ0) is 8.43. The zero-order valence-electron chi connectivity index (χ0n) is 7.08. The number of carbonyl (C=O) groups excluding carboxylic acids is 1. The number of hydrogen-bond donors (Lipinski definition) is 1. The van der Waals surface area contributed by atoms with Crippen molar-refractivity contribution in [3.63, 3.8) is 0 Å². The maximum Gasteiger partial charge on any atom is 0.223 e. The van der Waals surface area contributed by atoms with Crippen LogP contribution in [-0.2, 0) is 4.79 Å². The van der Waals surface area contributed by atoms with Crippen LogP contribution in [-0.4, -0.2) is 23.2 Å². The molecule has 0 aromatic rings. The molecule has 0 N–H and O–H groups in total. The van der Waals surface area contributed by atoms with Crippen LogP contribution in [0.15, 0.2) is 0 Å². The lowest BCUT2D eigenvalue weighted by atomic mass is 9.95. The average Bonchev–Trinajstić information content (AvgIpc) is 2.31. The van der Waals surface area contributed by atoms with Gasteiger partial charge in [0.2, 0.25) is 5.91 Å². The molecule has 2 nitrogen and oxygen atoms in total. The average molecular weight is 173 g/mol. The van der Waals surface area contributed by atoms with Gasteiger partial charge in [0.25, 0.3) is 0 Å². The molecule has 1 aliphatic heterocycles. The summed E-state index contributed by atoms with van der Waals surface area (Å²) >= 11 is 4.09. The molecule has 3 heteroatoms. The van der Waals surface area contributed by atoms with Crippen LogP contribution in [0.5, 0.6) is 0 Å². The van der Waals surface area contributed by atoms with Crippen LogP contribution in [0, 0.1) is 11.8 Å². The van der Waals surface area contributed by atoms with Gasteiger partial charge in [-0.05, 0) is 11.8 Å². The number of amides is 1. The molecule has 0 aliphatic carbocycles. The van der Waals surface area contributed by atoms with E-state index in [0.717, 1.165) is 13.0 Å². The molecule has 1 atom stereocenters. The largest absolute Gasteiger partial charge is 0.333 e. The molecular formula is C8H15NOS. The van der Waals surface area contributed by atoms with Crippen LogP contribution in [0.25, 0.3) is 0 Å². The number of carbonyl (C=O) groups is 1. The second-order valence-electron chi connectivity index (χ2n) is 3.47. The van der Waals surface area contributed by atoms with Crippen molar-refractivity contribution < 1.29 is 4.79 Å². The van der Waals surface area contributed by atoms with E-state index in [1.807, 2.05) is 4.90 Å². The maximum absolute atomic E-state index is 11.2. The Morgan fingerprint density at radius 2 is 2.36 bits per heavy atom. The Morgan fingerprint density at radius 1 is 1.73 bits per heavy atom. The molecule has 0 bridgehead atoms. The minimum absolute atomic E-state index is 0.263. The molecule has 1 saturated heterocycles. The lowest BCUT2D eigenvalue weighted by Crippen LogP contribution is -2.23. The molecule has 11 heavy (non-hydrogen) atoms. The normalized spacial score (nSPS) is 25.3. The summed E-state index contributed by atoms with van der Waals surface area (Å²) < 4.78 is 0. The molecule has 0 saturated carbocycles. The van der Waals surface area contributed by atoms with E-state index >= 15 is 0 Å². The van der Waals surface area contributed by atoms with Crippen molar-refractivity contribution >= 4 is 18.5 Å². The summed E-state index contributed by atoms with van der Waals surface area (Å²) in [5.74, 6) is 2.00. The SMILES string of the molecule is CC(C)[C@H]1CC(=O)N(CS)C1. The smallest absolute Gasteiger partial charge is 0.223 e. The van der Waals surface area contributed by atoms with Crippen LogP contribution in [0.4, 0.5) is 0 Å². The summed E-state index contributed by atoms with van der Waals surface area (Å²) in [7, 11) is 0. The van der Waals surface area contributed by atoms with Crippen molar-refractivity contribution in [2.24, 2.45) is 11.8 Å². The van der Waals surface area contributed by atoms with Crippen LogP contribution >= 0.6 is 12.6 Å². The number of likely N-dealkylation sites (tertiary alicyclic amines) is 1. The first-order valence-corrected chi connectivity index (χ1v) is 4.67. The summed E-state index contributed by atoms with van der Waals surface area (Å²) in [5, 5.41) is 0. The lowest BCUT2D eigenvalue weighted by Gasteiger charge is -2.14. The number of hydrogen-bond acceptors (Lipinski definition) is 2. The van der Waals surface area contributed by atoms with Crippen molar-refractivity contribution in [2.45, 2.75) is 20.3 Å². The molecule has 64 valence electrons. The van der Waals surface area contributed by atoms with Gasteiger partial charge in [0.15, 0.2) is 0 Å². The van der Waals surface area contributed by atoms with E-state index in [4.69, 9.17) is 0 Å². The molecule has 0 spiro atoms. The van der Waals surface area contributed by atoms with E-state index in [-0.39, 0.29) is 5.91 Å². The van der Waals surface area contributed by atoms with E-state index in [2.05, 4.69) is 26.5 Å². The summed E-state index contributed by atoms with van der Waals surface area (Å²) in [5.41, 5.74) is 0. The molecule has 0 aromatic heterocycles. The molecule has 1 amide bonds. The topological polar surface area (TPSA) is 20.3 Å². The fourth-order valence-electron chi connectivity index (χ4n) is 1.39. The third-order valence-corrected chi connectivity index (χ3v) is 2.70. The van der Waals surface area contributed by atoms with Gasteiger partial charge in [0.05, 0.1) is 5.88 Å². The van der Waals surface area contributed by atoms with Crippen molar-refractivity contribution in [3.8, 4) is 0 Å². The molecule has 1 heterocycles. The highest BCUT2D eigenvalue weighted by atomic mass is 32.1. The zero-order valence-corrected chi connectivity index (χ0v) is 7.97. The molecular weight excluding hydrogens is 158 g/mol. The lowest BCUT2D eigenvalue weighted by molar-refractivity contribution is -0.126. The Kier molecular flexibility index (Phi) is 2.82. The second-order valence-corrected chi connectivity index (χ2v) is 3.75. The second kappa shape index (κ2) is 3.48. The highest BCUT2D eigenvalue weighted by molar-refractivity contribution is 7.80. The molecule has 0 radical (unpaired) electrons. The third kappa shape index (κ3) is 1.89. The van der Waals surface area contributed by atoms with Gasteiger partial charge < -0.3 is 4.90 Å². The molecule has 1 fully saturated rings. The fourth-order valence-corrected chi connectivity index (χ4v) is 1.66. The standard InChI is InChI=1S/C8H15NOS/c1-6(2)7-3-8(10)9(4-7)5-11/h6-7,11H,3-5H2,1-2H3/t7-/m0/s1. The summed E-state index contributed by atoms with van der Waals surface area (Å²) in [6.45, 7) is 5.24. The number of nitrogens with zero attached hydrogens (tertiary/aromatic N) is 1. The van der Waals surface area contributed by atoms with Crippen LogP contribution < -0.4 is 0 Å². The van der Waals surface area contributed by atoms with Gasteiger partial charge in [-0.2, -0.15) is 12.6 Å². The first-order valence-electron chi connectivity index (χ1n) is 4.03. The van der Waals surface area contributed by atoms with Gasteiger partial charge >= 0.3 is 0 Å². The minimum Gasteiger partial charge on any atom is -0.333 e. The van der Waals surface area contributed by atoms with Crippen molar-refractivity contribution in [2.75, 3.05) is 12.4 Å². The van der Waals surface area contributed by atoms with E-state index < -0.39 is 0 Å². The number of thiol groups is 1. The maximum atomic E-state index is 11.2. The predicted molar refractivity (Wildman–Crippen MR) is 48.5 cm³/mol. The first-order chi connectivity index (χ1) is 5.15. The Labute approximate surface area is 73.4 Å². The van der Waals surface area contributed by atoms with Crippen molar-refractivity contribution in [3.05, 3.63) is 0 Å². The summed E-state index contributed by atoms with van der Waals surface area (Å²) in [6.07, 6.45) is 0.720. The van der Waals surface area contributed by atoms with Gasteiger partial charge in [0.1, 0.15) is 0 Å². The Morgan fingerprint density at radius 3 is 2.64 bits per heavy atom. The van der Waals surface area contributed by atoms with Gasteiger partial charge in [0, 0.05) is 13.0 Å². The minimum atomic E-state index is 0.263. The van der Waals surface area contributed by atoms with Crippen molar-refractivity contribution in [1.82, 2.24) is 4.90 Å². The van der Waals surface area contributed by atoms with Gasteiger partial charge in [-0.1, -0.05) is 13.8 Å². The summed E-state index contributed by atoms with van der Waals surface area (Å²) in [6, 6.07) is 0. The fraction of sp³-hybridized carbons (Fsp3) is 0.875. The Bertz CT molecular complexity index is 158. The monoisotopic (exact) mass is 173 g/mol. The highest BCUT2D eigenvalue weighted by Crippen LogP contribution is 2.24. The third-order valence-electron chi connectivity index (χ3n) is 2.36. The predicted octanol–water partition coefficient (Wildman–Crippen LogP) is 1.38. The summed E-state index contributed by atoms with van der Waals surface area (Å²) in [4.78, 5) is 13.0. The molecule has 1 aliphatic rings. The first kappa shape index (κ1) is 8.91. The molecule has 0 unspecified atom stereocenters. The number of rotatable bonds is 2. The van der Waals surface area contributed by atoms with Gasteiger partial charge in [-0.3, -0.25) is 4.79 Å². The van der Waals surface area contributed by atoms with Gasteiger partial charge in [-0.15, -0.1) is 0 Å². The van der Waals surface area contributed by atoms with Crippen LogP contribution in [0.1, 0.15) is 20.3 Å². The van der Waals surface area contributed by atoms with E-state index in [1.165, 1.54) is 0 Å². The van der Waals surface area contributed by atoms with E-state index in [0.29, 0.717) is 17.7 Å². The quantitative estimate of drug-likeness (QED) is 0.625. The van der Waals surface area contributed by atoms with Gasteiger partial charge in [-0.25, -0.2) is 0 Å². The van der Waals surface area contributed by atoms with Crippen molar-refractivity contribution in [1.29, 1.82) is 0 Å². The van der Waals surface area contributed by atoms with Crippen LogP contribution in [0.2, 0.25) is 0 Å². The van der Waals surface area contributed by atoms with E-state index in [1.54, 1.807) is 0 Å².